The fraction of sp³-hybridized carbons (Fsp3) is 0.688. The lowest BCUT2D eigenvalue weighted by molar-refractivity contribution is -0.143. The maximum absolute atomic E-state index is 12.8. The molecule has 136 valence electrons. The quantitative estimate of drug-likeness (QED) is 0.742. The van der Waals surface area contributed by atoms with Gasteiger partial charge in [0.25, 0.3) is 5.91 Å². The van der Waals surface area contributed by atoms with E-state index in [0.717, 1.165) is 19.3 Å². The highest BCUT2D eigenvalue weighted by atomic mass is 32.2. The molecule has 0 aromatic carbocycles. The number of hydrogen-bond acceptors (Lipinski definition) is 6. The third-order valence-corrected chi connectivity index (χ3v) is 7.32. The third-order valence-electron chi connectivity index (χ3n) is 5.62. The molecular weight excluding hydrogens is 346 g/mol. The number of oxazole rings is 1. The highest BCUT2D eigenvalue weighted by molar-refractivity contribution is 7.91. The van der Waals surface area contributed by atoms with Crippen molar-refractivity contribution in [1.82, 2.24) is 14.8 Å². The van der Waals surface area contributed by atoms with Crippen LogP contribution in [0.15, 0.2) is 10.8 Å². The predicted molar refractivity (Wildman–Crippen MR) is 87.6 cm³/mol. The van der Waals surface area contributed by atoms with E-state index < -0.39 is 21.9 Å². The van der Waals surface area contributed by atoms with Crippen LogP contribution in [0.1, 0.15) is 35.5 Å². The lowest BCUT2D eigenvalue weighted by Gasteiger charge is -2.45. The standard InChI is InChI=1S/C16H21N3O5S/c1-10-14(17-9-24-10)16(21)19-6-5-18(15(20)11-3-2-4-11)12-7-25(22,23)8-13(12)19/h9,11-13H,2-8H2,1H3/t12-,13+/m1/s1. The number of nitrogens with zero attached hydrogens (tertiary/aromatic N) is 3. The molecule has 4 rings (SSSR count). The van der Waals surface area contributed by atoms with Gasteiger partial charge in [-0.1, -0.05) is 6.42 Å². The van der Waals surface area contributed by atoms with Crippen LogP contribution in [0.25, 0.3) is 0 Å². The van der Waals surface area contributed by atoms with Crippen LogP contribution < -0.4 is 0 Å². The van der Waals surface area contributed by atoms with Gasteiger partial charge < -0.3 is 14.2 Å². The largest absolute Gasteiger partial charge is 0.448 e. The van der Waals surface area contributed by atoms with Gasteiger partial charge in [0.1, 0.15) is 5.76 Å². The normalized spacial score (nSPS) is 28.5. The van der Waals surface area contributed by atoms with Crippen molar-refractivity contribution < 1.29 is 22.4 Å². The van der Waals surface area contributed by atoms with Crippen molar-refractivity contribution in [3.05, 3.63) is 17.8 Å². The maximum atomic E-state index is 12.8. The summed E-state index contributed by atoms with van der Waals surface area (Å²) in [5, 5.41) is 0. The number of aryl methyl sites for hydroxylation is 1. The summed E-state index contributed by atoms with van der Waals surface area (Å²) in [4.78, 5) is 32.7. The molecule has 3 aliphatic rings. The molecule has 1 saturated carbocycles. The van der Waals surface area contributed by atoms with Crippen molar-refractivity contribution in [1.29, 1.82) is 0 Å². The number of sulfone groups is 1. The zero-order chi connectivity index (χ0) is 17.8. The first-order chi connectivity index (χ1) is 11.9. The Morgan fingerprint density at radius 1 is 1.16 bits per heavy atom. The molecule has 2 aliphatic heterocycles. The van der Waals surface area contributed by atoms with Gasteiger partial charge in [-0.15, -0.1) is 0 Å². The number of carbonyl (C=O) groups is 2. The molecule has 1 aromatic rings. The van der Waals surface area contributed by atoms with E-state index in [9.17, 15) is 18.0 Å². The summed E-state index contributed by atoms with van der Waals surface area (Å²) in [6, 6.07) is -0.964. The highest BCUT2D eigenvalue weighted by Gasteiger charge is 2.50. The number of rotatable bonds is 2. The first kappa shape index (κ1) is 16.6. The van der Waals surface area contributed by atoms with Gasteiger partial charge in [-0.05, 0) is 19.8 Å². The zero-order valence-corrected chi connectivity index (χ0v) is 14.9. The average molecular weight is 367 g/mol. The molecule has 1 aliphatic carbocycles. The lowest BCUT2D eigenvalue weighted by atomic mass is 9.83. The van der Waals surface area contributed by atoms with E-state index in [1.807, 2.05) is 0 Å². The molecule has 0 radical (unpaired) electrons. The van der Waals surface area contributed by atoms with Crippen LogP contribution in [0.3, 0.4) is 0 Å². The van der Waals surface area contributed by atoms with E-state index in [1.54, 1.807) is 16.7 Å². The summed E-state index contributed by atoms with van der Waals surface area (Å²) in [6.07, 6.45) is 4.01. The molecule has 0 spiro atoms. The van der Waals surface area contributed by atoms with Crippen molar-refractivity contribution in [2.75, 3.05) is 24.6 Å². The molecule has 8 nitrogen and oxygen atoms in total. The number of fused-ring (bicyclic) bond motifs is 1. The second-order valence-electron chi connectivity index (χ2n) is 7.13. The Labute approximate surface area is 146 Å². The molecule has 3 heterocycles. The van der Waals surface area contributed by atoms with E-state index in [4.69, 9.17) is 4.42 Å². The van der Waals surface area contributed by atoms with Crippen LogP contribution in [0.4, 0.5) is 0 Å². The molecule has 0 bridgehead atoms. The average Bonchev–Trinajstić information content (AvgIpc) is 3.05. The zero-order valence-electron chi connectivity index (χ0n) is 14.1. The van der Waals surface area contributed by atoms with E-state index in [1.165, 1.54) is 6.39 Å². The molecule has 3 fully saturated rings. The monoisotopic (exact) mass is 367 g/mol. The molecular formula is C16H21N3O5S. The van der Waals surface area contributed by atoms with Crippen molar-refractivity contribution in [2.45, 2.75) is 38.3 Å². The topological polar surface area (TPSA) is 101 Å². The molecule has 0 unspecified atom stereocenters. The molecule has 25 heavy (non-hydrogen) atoms. The first-order valence-corrected chi connectivity index (χ1v) is 10.4. The minimum atomic E-state index is -3.29. The van der Waals surface area contributed by atoms with Gasteiger partial charge in [0.15, 0.2) is 21.9 Å². The Bertz CT molecular complexity index is 813. The summed E-state index contributed by atoms with van der Waals surface area (Å²) in [6.45, 7) is 2.34. The predicted octanol–water partition coefficient (Wildman–Crippen LogP) is 0.233. The molecule has 2 saturated heterocycles. The summed E-state index contributed by atoms with van der Waals surface area (Å²) in [5.74, 6) is -0.0246. The Kier molecular flexibility index (Phi) is 3.86. The Hall–Kier alpha value is -1.90. The Balaban J connectivity index is 1.61. The number of piperazine rings is 1. The third kappa shape index (κ3) is 2.74. The number of amides is 2. The number of aromatic nitrogens is 1. The Morgan fingerprint density at radius 2 is 1.80 bits per heavy atom. The molecule has 9 heteroatoms. The first-order valence-electron chi connectivity index (χ1n) is 8.59. The second kappa shape index (κ2) is 5.82. The smallest absolute Gasteiger partial charge is 0.276 e. The van der Waals surface area contributed by atoms with Crippen LogP contribution >= 0.6 is 0 Å². The van der Waals surface area contributed by atoms with Crippen LogP contribution in [0, 0.1) is 12.8 Å². The molecule has 2 amide bonds. The fourth-order valence-corrected chi connectivity index (χ4v) is 6.00. The van der Waals surface area contributed by atoms with E-state index in [2.05, 4.69) is 4.98 Å². The van der Waals surface area contributed by atoms with Gasteiger partial charge in [0.2, 0.25) is 5.91 Å². The van der Waals surface area contributed by atoms with Gasteiger partial charge in [0.05, 0.1) is 23.6 Å². The van der Waals surface area contributed by atoms with Gasteiger partial charge in [-0.2, -0.15) is 0 Å². The van der Waals surface area contributed by atoms with Crippen LogP contribution in [0.2, 0.25) is 0 Å². The van der Waals surface area contributed by atoms with Gasteiger partial charge in [-0.3, -0.25) is 9.59 Å². The van der Waals surface area contributed by atoms with Gasteiger partial charge >= 0.3 is 0 Å². The highest BCUT2D eigenvalue weighted by Crippen LogP contribution is 2.34. The molecule has 1 aromatic heterocycles. The summed E-state index contributed by atoms with van der Waals surface area (Å²) in [7, 11) is -3.29. The Morgan fingerprint density at radius 3 is 2.36 bits per heavy atom. The molecule has 0 N–H and O–H groups in total. The van der Waals surface area contributed by atoms with Crippen LogP contribution in [-0.2, 0) is 14.6 Å². The van der Waals surface area contributed by atoms with Crippen LogP contribution in [0.5, 0.6) is 0 Å². The fourth-order valence-electron chi connectivity index (χ4n) is 4.02. The lowest BCUT2D eigenvalue weighted by Crippen LogP contribution is -2.63. The molecule has 2 atom stereocenters. The van der Waals surface area contributed by atoms with Crippen molar-refractivity contribution >= 4 is 21.7 Å². The second-order valence-corrected chi connectivity index (χ2v) is 9.28. The number of hydrogen-bond donors (Lipinski definition) is 0. The van der Waals surface area contributed by atoms with Crippen molar-refractivity contribution in [2.24, 2.45) is 5.92 Å². The minimum Gasteiger partial charge on any atom is -0.448 e. The summed E-state index contributed by atoms with van der Waals surface area (Å²) >= 11 is 0. The van der Waals surface area contributed by atoms with E-state index >= 15 is 0 Å². The van der Waals surface area contributed by atoms with E-state index in [0.29, 0.717) is 18.8 Å². The van der Waals surface area contributed by atoms with Gasteiger partial charge in [-0.25, -0.2) is 13.4 Å². The summed E-state index contributed by atoms with van der Waals surface area (Å²) in [5.41, 5.74) is 0.210. The SMILES string of the molecule is Cc1ocnc1C(=O)N1CCN(C(=O)C2CCC2)[C@@H]2CS(=O)(=O)C[C@@H]21. The summed E-state index contributed by atoms with van der Waals surface area (Å²) < 4.78 is 29.6. The van der Waals surface area contributed by atoms with Crippen molar-refractivity contribution in [3.63, 3.8) is 0 Å². The van der Waals surface area contributed by atoms with Gasteiger partial charge in [0, 0.05) is 19.0 Å². The minimum absolute atomic E-state index is 0.0176. The number of carbonyl (C=O) groups excluding carboxylic acids is 2. The van der Waals surface area contributed by atoms with Crippen LogP contribution in [-0.4, -0.2) is 71.7 Å². The van der Waals surface area contributed by atoms with E-state index in [-0.39, 0.29) is 34.9 Å². The van der Waals surface area contributed by atoms with Crippen molar-refractivity contribution in [3.8, 4) is 0 Å². The maximum Gasteiger partial charge on any atom is 0.276 e.